The van der Waals surface area contributed by atoms with Gasteiger partial charge in [-0.3, -0.25) is 19.7 Å². The number of ether oxygens (including phenoxy) is 2. The van der Waals surface area contributed by atoms with E-state index in [0.29, 0.717) is 34.5 Å². The first-order chi connectivity index (χ1) is 19.2. The summed E-state index contributed by atoms with van der Waals surface area (Å²) in [6.45, 7) is 3.98. The van der Waals surface area contributed by atoms with Crippen molar-refractivity contribution in [1.29, 1.82) is 0 Å². The second kappa shape index (κ2) is 12.8. The number of carbonyl (C=O) groups is 4. The van der Waals surface area contributed by atoms with E-state index in [9.17, 15) is 19.2 Å². The van der Waals surface area contributed by atoms with E-state index in [-0.39, 0.29) is 19.6 Å². The number of hydrogen-bond acceptors (Lipinski definition) is 7. The fraction of sp³-hybridized carbons (Fsp3) is 0.267. The van der Waals surface area contributed by atoms with Crippen molar-refractivity contribution in [2.45, 2.75) is 38.8 Å². The molecule has 5 rings (SSSR count). The molecule has 0 spiro atoms. The SMILES string of the molecule is CCOC(=O)CC1NC(=O)[C@H](Nc2cccc(C(N)=O)c2)c2ccc(c(C)c2)CCOC(=O)Nc2cccc1c2. The van der Waals surface area contributed by atoms with Gasteiger partial charge in [0.05, 0.1) is 25.7 Å². The number of esters is 1. The number of aryl methyl sites for hydroxylation is 1. The van der Waals surface area contributed by atoms with E-state index in [0.717, 1.165) is 11.1 Å². The number of carbonyl (C=O) groups excluding carboxylic acids is 4. The predicted molar refractivity (Wildman–Crippen MR) is 150 cm³/mol. The Morgan fingerprint density at radius 3 is 2.60 bits per heavy atom. The van der Waals surface area contributed by atoms with Gasteiger partial charge >= 0.3 is 12.1 Å². The van der Waals surface area contributed by atoms with Crippen LogP contribution in [0.15, 0.2) is 66.7 Å². The van der Waals surface area contributed by atoms with Gasteiger partial charge in [0.15, 0.2) is 0 Å². The molecule has 5 N–H and O–H groups in total. The molecule has 0 fully saturated rings. The number of fused-ring (bicyclic) bond motifs is 9. The minimum Gasteiger partial charge on any atom is -0.466 e. The number of hydrogen-bond donors (Lipinski definition) is 4. The zero-order chi connectivity index (χ0) is 28.6. The highest BCUT2D eigenvalue weighted by atomic mass is 16.5. The number of amides is 3. The van der Waals surface area contributed by atoms with Crippen molar-refractivity contribution in [3.63, 3.8) is 0 Å². The summed E-state index contributed by atoms with van der Waals surface area (Å²) in [6.07, 6.45) is -0.242. The summed E-state index contributed by atoms with van der Waals surface area (Å²) in [7, 11) is 0. The first kappa shape index (κ1) is 28.2. The van der Waals surface area contributed by atoms with E-state index in [2.05, 4.69) is 16.0 Å². The maximum absolute atomic E-state index is 13.9. The second-order valence-corrected chi connectivity index (χ2v) is 9.42. The molecule has 0 saturated heterocycles. The van der Waals surface area contributed by atoms with Gasteiger partial charge in [-0.05, 0) is 66.4 Å². The Labute approximate surface area is 232 Å². The van der Waals surface area contributed by atoms with E-state index < -0.39 is 36.0 Å². The molecule has 10 nitrogen and oxygen atoms in total. The van der Waals surface area contributed by atoms with Crippen LogP contribution >= 0.6 is 0 Å². The molecule has 2 heterocycles. The van der Waals surface area contributed by atoms with Gasteiger partial charge in [0, 0.05) is 23.4 Å². The van der Waals surface area contributed by atoms with Crippen molar-refractivity contribution in [3.8, 4) is 0 Å². The molecule has 208 valence electrons. The normalized spacial score (nSPS) is 17.2. The quantitative estimate of drug-likeness (QED) is 0.341. The molecule has 40 heavy (non-hydrogen) atoms. The summed E-state index contributed by atoms with van der Waals surface area (Å²) in [5, 5.41) is 8.91. The van der Waals surface area contributed by atoms with Crippen LogP contribution in [-0.4, -0.2) is 37.1 Å². The highest BCUT2D eigenvalue weighted by molar-refractivity contribution is 5.94. The number of nitrogens with one attached hydrogen (secondary N) is 3. The van der Waals surface area contributed by atoms with Gasteiger partial charge in [-0.2, -0.15) is 0 Å². The Kier molecular flexibility index (Phi) is 9.00. The number of nitrogens with two attached hydrogens (primary N) is 1. The highest BCUT2D eigenvalue weighted by Crippen LogP contribution is 2.27. The van der Waals surface area contributed by atoms with E-state index in [4.69, 9.17) is 15.2 Å². The molecule has 3 aromatic carbocycles. The lowest BCUT2D eigenvalue weighted by atomic mass is 9.96. The van der Waals surface area contributed by atoms with Crippen LogP contribution in [0.1, 0.15) is 58.0 Å². The number of rotatable bonds is 6. The average molecular weight is 545 g/mol. The smallest absolute Gasteiger partial charge is 0.411 e. The van der Waals surface area contributed by atoms with Crippen molar-refractivity contribution in [2.24, 2.45) is 5.73 Å². The molecule has 2 aliphatic rings. The van der Waals surface area contributed by atoms with E-state index in [1.807, 2.05) is 25.1 Å². The van der Waals surface area contributed by atoms with Gasteiger partial charge in [0.2, 0.25) is 11.8 Å². The summed E-state index contributed by atoms with van der Waals surface area (Å²) >= 11 is 0. The molecule has 10 heteroatoms. The summed E-state index contributed by atoms with van der Waals surface area (Å²) in [5.41, 5.74) is 9.85. The molecule has 4 bridgehead atoms. The molecule has 1 unspecified atom stereocenters. The van der Waals surface area contributed by atoms with E-state index >= 15 is 0 Å². The number of anilines is 2. The lowest BCUT2D eigenvalue weighted by Crippen LogP contribution is -2.37. The van der Waals surface area contributed by atoms with Crippen LogP contribution in [0.5, 0.6) is 0 Å². The third-order valence-electron chi connectivity index (χ3n) is 6.55. The van der Waals surface area contributed by atoms with Gasteiger partial charge in [-0.1, -0.05) is 36.4 Å². The lowest BCUT2D eigenvalue weighted by molar-refractivity contribution is -0.143. The van der Waals surface area contributed by atoms with Gasteiger partial charge in [0.1, 0.15) is 6.04 Å². The molecule has 3 amide bonds. The van der Waals surface area contributed by atoms with Crippen LogP contribution in [0.2, 0.25) is 0 Å². The molecular weight excluding hydrogens is 512 g/mol. The van der Waals surface area contributed by atoms with Crippen molar-refractivity contribution >= 4 is 35.3 Å². The van der Waals surface area contributed by atoms with Crippen LogP contribution in [-0.2, 0) is 25.5 Å². The molecular formula is C30H32N4O6. The second-order valence-electron chi connectivity index (χ2n) is 9.42. The Bertz CT molecular complexity index is 1420. The van der Waals surface area contributed by atoms with Gasteiger partial charge < -0.3 is 25.8 Å². The molecule has 2 atom stereocenters. The molecule has 0 saturated carbocycles. The van der Waals surface area contributed by atoms with Crippen LogP contribution in [0.3, 0.4) is 0 Å². The fourth-order valence-corrected chi connectivity index (χ4v) is 4.54. The zero-order valence-corrected chi connectivity index (χ0v) is 22.4. The van der Waals surface area contributed by atoms with Gasteiger partial charge in [0.25, 0.3) is 0 Å². The Morgan fingerprint density at radius 2 is 1.85 bits per heavy atom. The van der Waals surface area contributed by atoms with Crippen molar-refractivity contribution in [1.82, 2.24) is 5.32 Å². The summed E-state index contributed by atoms with van der Waals surface area (Å²) in [4.78, 5) is 50.6. The average Bonchev–Trinajstić information content (AvgIpc) is 2.92. The molecule has 0 radical (unpaired) electrons. The summed E-state index contributed by atoms with van der Waals surface area (Å²) < 4.78 is 10.5. The lowest BCUT2D eigenvalue weighted by Gasteiger charge is -2.25. The molecule has 3 aromatic rings. The molecule has 2 aliphatic heterocycles. The van der Waals surface area contributed by atoms with Gasteiger partial charge in [-0.25, -0.2) is 4.79 Å². The van der Waals surface area contributed by atoms with E-state index in [1.165, 1.54) is 0 Å². The third kappa shape index (κ3) is 7.16. The minimum absolute atomic E-state index is 0.130. The minimum atomic E-state index is -0.882. The van der Waals surface area contributed by atoms with Crippen LogP contribution < -0.4 is 21.7 Å². The maximum atomic E-state index is 13.9. The number of primary amides is 1. The third-order valence-corrected chi connectivity index (χ3v) is 6.55. The van der Waals surface area contributed by atoms with Crippen LogP contribution in [0.25, 0.3) is 0 Å². The highest BCUT2D eigenvalue weighted by Gasteiger charge is 2.27. The largest absolute Gasteiger partial charge is 0.466 e. The summed E-state index contributed by atoms with van der Waals surface area (Å²) in [6, 6.07) is 17.4. The molecule has 0 aromatic heterocycles. The van der Waals surface area contributed by atoms with Gasteiger partial charge in [-0.15, -0.1) is 0 Å². The zero-order valence-electron chi connectivity index (χ0n) is 22.4. The van der Waals surface area contributed by atoms with Crippen LogP contribution in [0.4, 0.5) is 16.2 Å². The van der Waals surface area contributed by atoms with Crippen molar-refractivity contribution in [2.75, 3.05) is 23.8 Å². The Morgan fingerprint density at radius 1 is 1.05 bits per heavy atom. The van der Waals surface area contributed by atoms with Crippen LogP contribution in [0, 0.1) is 6.92 Å². The predicted octanol–water partition coefficient (Wildman–Crippen LogP) is 4.16. The fourth-order valence-electron chi connectivity index (χ4n) is 4.54. The Balaban J connectivity index is 1.76. The monoisotopic (exact) mass is 544 g/mol. The Hall–Kier alpha value is -4.86. The first-order valence-electron chi connectivity index (χ1n) is 13.0. The molecule has 0 aliphatic carbocycles. The van der Waals surface area contributed by atoms with Crippen molar-refractivity contribution < 1.29 is 28.7 Å². The van der Waals surface area contributed by atoms with E-state index in [1.54, 1.807) is 55.5 Å². The topological polar surface area (TPSA) is 149 Å². The standard InChI is InChI=1S/C30H32N4O6/c1-3-39-26(35)17-25-20-6-4-9-24(15-20)33-30(38)40-13-12-19-10-11-21(14-18(19)2)27(29(37)34-25)32-23-8-5-7-22(16-23)28(31)36/h4-11,14-16,25,27,32H,3,12-13,17H2,1-2H3,(H2,31,36)(H,33,38)(H,34,37)/t25?,27-/m1/s1. The first-order valence-corrected chi connectivity index (χ1v) is 13.0. The van der Waals surface area contributed by atoms with Crippen molar-refractivity contribution in [3.05, 3.63) is 94.5 Å². The summed E-state index contributed by atoms with van der Waals surface area (Å²) in [5.74, 6) is -1.48. The maximum Gasteiger partial charge on any atom is 0.411 e. The number of benzene rings is 3.